The lowest BCUT2D eigenvalue weighted by Crippen LogP contribution is -2.48. The van der Waals surface area contributed by atoms with Gasteiger partial charge in [-0.05, 0) is 31.4 Å². The lowest BCUT2D eigenvalue weighted by molar-refractivity contribution is 0.181. The molecule has 0 amide bonds. The molecule has 1 aliphatic rings. The molecule has 1 saturated heterocycles. The van der Waals surface area contributed by atoms with Gasteiger partial charge < -0.3 is 0 Å². The Labute approximate surface area is 128 Å². The molecule has 1 heterocycles. The molecule has 21 heavy (non-hydrogen) atoms. The molecule has 1 aliphatic heterocycles. The molecule has 1 aromatic rings. The molecule has 2 rings (SSSR count). The Morgan fingerprint density at radius 2 is 1.76 bits per heavy atom. The maximum atomic E-state index is 12.1. The van der Waals surface area contributed by atoms with Crippen molar-refractivity contribution in [2.75, 3.05) is 31.9 Å². The summed E-state index contributed by atoms with van der Waals surface area (Å²) in [5.74, 6) is 0.268. The van der Waals surface area contributed by atoms with Crippen LogP contribution in [-0.4, -0.2) is 49.6 Å². The van der Waals surface area contributed by atoms with Crippen molar-refractivity contribution >= 4 is 10.0 Å². The van der Waals surface area contributed by atoms with Crippen LogP contribution in [0.15, 0.2) is 18.2 Å². The van der Waals surface area contributed by atoms with E-state index >= 15 is 0 Å². The van der Waals surface area contributed by atoms with Gasteiger partial charge in [0.15, 0.2) is 0 Å². The van der Waals surface area contributed by atoms with Crippen molar-refractivity contribution < 1.29 is 8.42 Å². The van der Waals surface area contributed by atoms with Crippen molar-refractivity contribution in [2.45, 2.75) is 33.7 Å². The average Bonchev–Trinajstić information content (AvgIpc) is 2.43. The SMILES string of the molecule is CCCS(=O)(=O)N1CCN(Cc2cc(C)ccc2C)CC1. The fourth-order valence-corrected chi connectivity index (χ4v) is 4.26. The maximum Gasteiger partial charge on any atom is 0.214 e. The van der Waals surface area contributed by atoms with E-state index in [-0.39, 0.29) is 5.75 Å². The van der Waals surface area contributed by atoms with Crippen LogP contribution >= 0.6 is 0 Å². The summed E-state index contributed by atoms with van der Waals surface area (Å²) in [7, 11) is -3.04. The van der Waals surface area contributed by atoms with Crippen molar-refractivity contribution in [1.29, 1.82) is 0 Å². The highest BCUT2D eigenvalue weighted by molar-refractivity contribution is 7.89. The summed E-state index contributed by atoms with van der Waals surface area (Å²) in [5, 5.41) is 0. The highest BCUT2D eigenvalue weighted by atomic mass is 32.2. The second-order valence-corrected chi connectivity index (χ2v) is 8.01. The molecule has 0 N–H and O–H groups in total. The van der Waals surface area contributed by atoms with Gasteiger partial charge in [-0.25, -0.2) is 8.42 Å². The van der Waals surface area contributed by atoms with Crippen molar-refractivity contribution in [3.63, 3.8) is 0 Å². The number of nitrogens with zero attached hydrogens (tertiary/aromatic N) is 2. The summed E-state index contributed by atoms with van der Waals surface area (Å²) in [6, 6.07) is 6.52. The molecule has 1 fully saturated rings. The van der Waals surface area contributed by atoms with Gasteiger partial charge in [0.1, 0.15) is 0 Å². The summed E-state index contributed by atoms with van der Waals surface area (Å²) < 4.78 is 25.8. The van der Waals surface area contributed by atoms with E-state index in [4.69, 9.17) is 0 Å². The number of sulfonamides is 1. The predicted molar refractivity (Wildman–Crippen MR) is 86.8 cm³/mol. The van der Waals surface area contributed by atoms with Gasteiger partial charge in [-0.15, -0.1) is 0 Å². The van der Waals surface area contributed by atoms with Gasteiger partial charge in [-0.2, -0.15) is 4.31 Å². The normalized spacial score (nSPS) is 18.0. The fraction of sp³-hybridized carbons (Fsp3) is 0.625. The summed E-state index contributed by atoms with van der Waals surface area (Å²) >= 11 is 0. The first kappa shape index (κ1) is 16.5. The van der Waals surface area contributed by atoms with Crippen LogP contribution < -0.4 is 0 Å². The van der Waals surface area contributed by atoms with Crippen LogP contribution in [0.1, 0.15) is 30.0 Å². The van der Waals surface area contributed by atoms with E-state index in [1.165, 1.54) is 16.7 Å². The van der Waals surface area contributed by atoms with Gasteiger partial charge in [-0.3, -0.25) is 4.90 Å². The molecule has 1 aromatic carbocycles. The average molecular weight is 310 g/mol. The first-order valence-electron chi connectivity index (χ1n) is 7.68. The molecular formula is C16H26N2O2S. The van der Waals surface area contributed by atoms with E-state index in [0.717, 1.165) is 19.6 Å². The fourth-order valence-electron chi connectivity index (χ4n) is 2.76. The molecule has 118 valence electrons. The number of hydrogen-bond donors (Lipinski definition) is 0. The van der Waals surface area contributed by atoms with Crippen LogP contribution in [0.2, 0.25) is 0 Å². The number of piperazine rings is 1. The first-order chi connectivity index (χ1) is 9.92. The van der Waals surface area contributed by atoms with Crippen molar-refractivity contribution in [2.24, 2.45) is 0 Å². The lowest BCUT2D eigenvalue weighted by atomic mass is 10.1. The second kappa shape index (κ2) is 6.90. The third-order valence-corrected chi connectivity index (χ3v) is 6.16. The Morgan fingerprint density at radius 1 is 1.10 bits per heavy atom. The summed E-state index contributed by atoms with van der Waals surface area (Å²) in [6.45, 7) is 9.94. The van der Waals surface area contributed by atoms with Crippen LogP contribution in [0.25, 0.3) is 0 Å². The summed E-state index contributed by atoms with van der Waals surface area (Å²) in [5.41, 5.74) is 3.93. The minimum absolute atomic E-state index is 0.268. The highest BCUT2D eigenvalue weighted by Gasteiger charge is 2.26. The van der Waals surface area contributed by atoms with Crippen molar-refractivity contribution in [3.8, 4) is 0 Å². The minimum atomic E-state index is -3.04. The molecule has 4 nitrogen and oxygen atoms in total. The Bertz CT molecular complexity index is 576. The van der Waals surface area contributed by atoms with Gasteiger partial charge in [0.2, 0.25) is 10.0 Å². The Morgan fingerprint density at radius 3 is 2.38 bits per heavy atom. The molecule has 0 unspecified atom stereocenters. The zero-order valence-corrected chi connectivity index (χ0v) is 14.1. The Hall–Kier alpha value is -0.910. The van der Waals surface area contributed by atoms with Gasteiger partial charge >= 0.3 is 0 Å². The molecule has 0 bridgehead atoms. The van der Waals surface area contributed by atoms with E-state index in [2.05, 4.69) is 36.9 Å². The molecule has 0 aromatic heterocycles. The molecule has 0 radical (unpaired) electrons. The van der Waals surface area contributed by atoms with E-state index in [1.54, 1.807) is 4.31 Å². The number of aryl methyl sites for hydroxylation is 2. The Balaban J connectivity index is 1.94. The molecule has 0 spiro atoms. The van der Waals surface area contributed by atoms with Crippen LogP contribution in [0.5, 0.6) is 0 Å². The van der Waals surface area contributed by atoms with Gasteiger partial charge in [0, 0.05) is 32.7 Å². The third-order valence-electron chi connectivity index (χ3n) is 4.09. The summed E-state index contributed by atoms with van der Waals surface area (Å²) in [4.78, 5) is 2.35. The van der Waals surface area contributed by atoms with Crippen LogP contribution in [0.4, 0.5) is 0 Å². The first-order valence-corrected chi connectivity index (χ1v) is 9.29. The number of benzene rings is 1. The minimum Gasteiger partial charge on any atom is -0.296 e. The van der Waals surface area contributed by atoms with Gasteiger partial charge in [0.05, 0.1) is 5.75 Å². The van der Waals surface area contributed by atoms with Gasteiger partial charge in [-0.1, -0.05) is 30.7 Å². The molecule has 0 saturated carbocycles. The molecular weight excluding hydrogens is 284 g/mol. The second-order valence-electron chi connectivity index (χ2n) is 5.92. The number of hydrogen-bond acceptors (Lipinski definition) is 3. The Kier molecular flexibility index (Phi) is 5.41. The highest BCUT2D eigenvalue weighted by Crippen LogP contribution is 2.16. The van der Waals surface area contributed by atoms with E-state index < -0.39 is 10.0 Å². The van der Waals surface area contributed by atoms with Crippen LogP contribution in [0.3, 0.4) is 0 Å². The molecule has 0 atom stereocenters. The van der Waals surface area contributed by atoms with E-state index in [9.17, 15) is 8.42 Å². The zero-order chi connectivity index (χ0) is 15.5. The van der Waals surface area contributed by atoms with Crippen molar-refractivity contribution in [3.05, 3.63) is 34.9 Å². The third kappa shape index (κ3) is 4.28. The van der Waals surface area contributed by atoms with E-state index in [1.807, 2.05) is 6.92 Å². The molecule has 5 heteroatoms. The predicted octanol–water partition coefficient (Wildman–Crippen LogP) is 2.16. The van der Waals surface area contributed by atoms with Crippen LogP contribution in [-0.2, 0) is 16.6 Å². The largest absolute Gasteiger partial charge is 0.296 e. The lowest BCUT2D eigenvalue weighted by Gasteiger charge is -2.34. The maximum absolute atomic E-state index is 12.1. The van der Waals surface area contributed by atoms with Crippen LogP contribution in [0, 0.1) is 13.8 Å². The monoisotopic (exact) mass is 310 g/mol. The smallest absolute Gasteiger partial charge is 0.214 e. The summed E-state index contributed by atoms with van der Waals surface area (Å²) in [6.07, 6.45) is 0.686. The quantitative estimate of drug-likeness (QED) is 0.837. The number of rotatable bonds is 5. The molecule has 0 aliphatic carbocycles. The zero-order valence-electron chi connectivity index (χ0n) is 13.3. The van der Waals surface area contributed by atoms with E-state index in [0.29, 0.717) is 19.5 Å². The topological polar surface area (TPSA) is 40.6 Å². The van der Waals surface area contributed by atoms with Gasteiger partial charge in [0.25, 0.3) is 0 Å². The standard InChI is InChI=1S/C16H26N2O2S/c1-4-11-21(19,20)18-9-7-17(8-10-18)13-16-12-14(2)5-6-15(16)3/h5-6,12H,4,7-11,13H2,1-3H3. The van der Waals surface area contributed by atoms with Crippen molar-refractivity contribution in [1.82, 2.24) is 9.21 Å².